The molecule has 2 atom stereocenters. The lowest BCUT2D eigenvalue weighted by atomic mass is 10.7. The summed E-state index contributed by atoms with van der Waals surface area (Å²) in [6, 6.07) is 0. The van der Waals surface area contributed by atoms with Gasteiger partial charge in [0.05, 0.1) is 0 Å². The molecule has 1 fully saturated rings. The van der Waals surface area contributed by atoms with E-state index in [1.54, 1.807) is 0 Å². The Morgan fingerprint density at radius 3 is 1.75 bits per heavy atom. The van der Waals surface area contributed by atoms with Gasteiger partial charge in [0.2, 0.25) is 0 Å². The minimum absolute atomic E-state index is 1.30. The van der Waals surface area contributed by atoms with E-state index < -0.39 is 18.9 Å². The Labute approximate surface area is 43.2 Å². The van der Waals surface area contributed by atoms with Crippen molar-refractivity contribution in [2.45, 2.75) is 12.7 Å². The fraction of sp³-hybridized carbons (Fsp3) is 0.667. The SMILES string of the molecule is O=C1O[C@@H](F)[C@@H](F)O1. The van der Waals surface area contributed by atoms with E-state index in [1.165, 1.54) is 0 Å². The molecule has 1 saturated heterocycles. The van der Waals surface area contributed by atoms with Crippen LogP contribution in [0.4, 0.5) is 13.6 Å². The average Bonchev–Trinajstić information content (AvgIpc) is 1.85. The third kappa shape index (κ3) is 0.706. The lowest BCUT2D eigenvalue weighted by Gasteiger charge is -1.92. The second-order valence-electron chi connectivity index (χ2n) is 1.19. The molecule has 0 saturated carbocycles. The van der Waals surface area contributed by atoms with Crippen LogP contribution in [0, 0.1) is 0 Å². The maximum absolute atomic E-state index is 11.6. The first-order valence-corrected chi connectivity index (χ1v) is 1.85. The lowest BCUT2D eigenvalue weighted by molar-refractivity contribution is -0.0349. The number of rotatable bonds is 0. The molecule has 8 heavy (non-hydrogen) atoms. The number of carbonyl (C=O) groups excluding carboxylic acids is 1. The van der Waals surface area contributed by atoms with Gasteiger partial charge in [-0.25, -0.2) is 4.79 Å². The van der Waals surface area contributed by atoms with E-state index >= 15 is 0 Å². The highest BCUT2D eigenvalue weighted by molar-refractivity contribution is 5.61. The number of halogens is 2. The Morgan fingerprint density at radius 1 is 1.25 bits per heavy atom. The van der Waals surface area contributed by atoms with Crippen molar-refractivity contribution in [2.75, 3.05) is 0 Å². The molecule has 0 unspecified atom stereocenters. The fourth-order valence-corrected chi connectivity index (χ4v) is 0.319. The number of alkyl halides is 2. The predicted molar refractivity (Wildman–Crippen MR) is 17.4 cm³/mol. The summed E-state index contributed by atoms with van der Waals surface area (Å²) in [5.41, 5.74) is 0. The Balaban J connectivity index is 2.51. The minimum atomic E-state index is -2.25. The van der Waals surface area contributed by atoms with E-state index in [4.69, 9.17) is 0 Å². The summed E-state index contributed by atoms with van der Waals surface area (Å²) in [5, 5.41) is 0. The Morgan fingerprint density at radius 2 is 1.62 bits per heavy atom. The number of ether oxygens (including phenoxy) is 2. The summed E-state index contributed by atoms with van der Waals surface area (Å²) in [6.45, 7) is 0. The van der Waals surface area contributed by atoms with E-state index in [2.05, 4.69) is 9.47 Å². The highest BCUT2D eigenvalue weighted by Gasteiger charge is 2.36. The third-order valence-corrected chi connectivity index (χ3v) is 0.624. The summed E-state index contributed by atoms with van der Waals surface area (Å²) in [7, 11) is 0. The normalized spacial score (nSPS) is 36.5. The van der Waals surface area contributed by atoms with Crippen molar-refractivity contribution in [3.8, 4) is 0 Å². The van der Waals surface area contributed by atoms with Crippen LogP contribution in [0.25, 0.3) is 0 Å². The molecule has 1 aliphatic rings. The van der Waals surface area contributed by atoms with Crippen LogP contribution in [-0.4, -0.2) is 18.9 Å². The van der Waals surface area contributed by atoms with Gasteiger partial charge in [0.25, 0.3) is 0 Å². The van der Waals surface area contributed by atoms with E-state index in [0.717, 1.165) is 0 Å². The number of hydrogen-bond donors (Lipinski definition) is 0. The molecule has 1 aliphatic heterocycles. The largest absolute Gasteiger partial charge is 0.513 e. The molecule has 1 heterocycles. The van der Waals surface area contributed by atoms with Gasteiger partial charge in [0.15, 0.2) is 0 Å². The smallest absolute Gasteiger partial charge is 0.392 e. The first-order valence-electron chi connectivity index (χ1n) is 1.85. The number of carbonyl (C=O) groups is 1. The quantitative estimate of drug-likeness (QED) is 0.447. The summed E-state index contributed by atoms with van der Waals surface area (Å²) in [5.74, 6) is 0. The van der Waals surface area contributed by atoms with Gasteiger partial charge < -0.3 is 9.47 Å². The maximum atomic E-state index is 11.6. The maximum Gasteiger partial charge on any atom is 0.513 e. The summed E-state index contributed by atoms with van der Waals surface area (Å²) < 4.78 is 30.4. The molecule has 5 heteroatoms. The van der Waals surface area contributed by atoms with Crippen molar-refractivity contribution in [3.05, 3.63) is 0 Å². The van der Waals surface area contributed by atoms with Gasteiger partial charge in [0.1, 0.15) is 0 Å². The van der Waals surface area contributed by atoms with Gasteiger partial charge in [-0.1, -0.05) is 0 Å². The molecule has 0 spiro atoms. The molecular formula is C3H2F2O3. The van der Waals surface area contributed by atoms with Crippen molar-refractivity contribution in [3.63, 3.8) is 0 Å². The van der Waals surface area contributed by atoms with Crippen molar-refractivity contribution >= 4 is 6.16 Å². The molecule has 0 N–H and O–H groups in total. The van der Waals surface area contributed by atoms with Gasteiger partial charge in [-0.3, -0.25) is 0 Å². The van der Waals surface area contributed by atoms with Crippen LogP contribution in [0.2, 0.25) is 0 Å². The first kappa shape index (κ1) is 5.27. The molecule has 46 valence electrons. The molecule has 0 radical (unpaired) electrons. The van der Waals surface area contributed by atoms with Crippen molar-refractivity contribution in [1.29, 1.82) is 0 Å². The third-order valence-electron chi connectivity index (χ3n) is 0.624. The van der Waals surface area contributed by atoms with Gasteiger partial charge >= 0.3 is 18.9 Å². The minimum Gasteiger partial charge on any atom is -0.392 e. The zero-order valence-electron chi connectivity index (χ0n) is 3.64. The average molecular weight is 124 g/mol. The summed E-state index contributed by atoms with van der Waals surface area (Å²) in [6.07, 6.45) is -5.80. The predicted octanol–water partition coefficient (Wildman–Crippen LogP) is 0.744. The zero-order valence-corrected chi connectivity index (χ0v) is 3.64. The second-order valence-corrected chi connectivity index (χ2v) is 1.19. The number of hydrogen-bond acceptors (Lipinski definition) is 3. The Bertz CT molecular complexity index is 103. The monoisotopic (exact) mass is 124 g/mol. The van der Waals surface area contributed by atoms with E-state index in [0.29, 0.717) is 0 Å². The van der Waals surface area contributed by atoms with Crippen LogP contribution in [0.3, 0.4) is 0 Å². The highest BCUT2D eigenvalue weighted by Crippen LogP contribution is 2.16. The molecule has 0 aliphatic carbocycles. The fourth-order valence-electron chi connectivity index (χ4n) is 0.319. The molecule has 0 aromatic rings. The van der Waals surface area contributed by atoms with Crippen LogP contribution >= 0.6 is 0 Å². The Kier molecular flexibility index (Phi) is 1.04. The van der Waals surface area contributed by atoms with E-state index in [-0.39, 0.29) is 0 Å². The second kappa shape index (κ2) is 1.57. The van der Waals surface area contributed by atoms with Crippen LogP contribution in [-0.2, 0) is 9.47 Å². The van der Waals surface area contributed by atoms with Crippen molar-refractivity contribution in [2.24, 2.45) is 0 Å². The van der Waals surface area contributed by atoms with Gasteiger partial charge in [0, 0.05) is 0 Å². The molecule has 0 bridgehead atoms. The molecule has 3 nitrogen and oxygen atoms in total. The van der Waals surface area contributed by atoms with Gasteiger partial charge in [-0.05, 0) is 0 Å². The lowest BCUT2D eigenvalue weighted by Crippen LogP contribution is -2.09. The van der Waals surface area contributed by atoms with E-state index in [9.17, 15) is 13.6 Å². The zero-order chi connectivity index (χ0) is 6.15. The molecule has 1 rings (SSSR count). The van der Waals surface area contributed by atoms with Crippen LogP contribution in [0.5, 0.6) is 0 Å². The highest BCUT2D eigenvalue weighted by atomic mass is 19.2. The summed E-state index contributed by atoms with van der Waals surface area (Å²) >= 11 is 0. The standard InChI is InChI=1S/C3H2F2O3/c4-1-2(5)8-3(6)7-1/h1-2H/t1-,2+. The number of cyclic esters (lactones) is 2. The molecule has 0 aromatic heterocycles. The van der Waals surface area contributed by atoms with Crippen LogP contribution in [0.1, 0.15) is 0 Å². The van der Waals surface area contributed by atoms with Crippen LogP contribution in [0.15, 0.2) is 0 Å². The topological polar surface area (TPSA) is 35.5 Å². The molecule has 0 aromatic carbocycles. The molecule has 0 amide bonds. The van der Waals surface area contributed by atoms with Gasteiger partial charge in [-0.2, -0.15) is 8.78 Å². The van der Waals surface area contributed by atoms with Crippen LogP contribution < -0.4 is 0 Å². The van der Waals surface area contributed by atoms with E-state index in [1.807, 2.05) is 0 Å². The van der Waals surface area contributed by atoms with Gasteiger partial charge in [-0.15, -0.1) is 0 Å². The molecular weight excluding hydrogens is 122 g/mol. The summed E-state index contributed by atoms with van der Waals surface area (Å²) in [4.78, 5) is 9.74. The Hall–Kier alpha value is -0.870. The van der Waals surface area contributed by atoms with Crippen molar-refractivity contribution < 1.29 is 23.0 Å². The first-order chi connectivity index (χ1) is 3.70. The van der Waals surface area contributed by atoms with Crippen molar-refractivity contribution in [1.82, 2.24) is 0 Å².